The molecule has 0 bridgehead atoms. The molecule has 15 heavy (non-hydrogen) atoms. The zero-order valence-electron chi connectivity index (χ0n) is 8.14. The smallest absolute Gasteiger partial charge is 0.243 e. The average Bonchev–Trinajstić information content (AvgIpc) is 2.66. The lowest BCUT2D eigenvalue weighted by Crippen LogP contribution is -2.04. The van der Waals surface area contributed by atoms with E-state index in [0.29, 0.717) is 17.3 Å². The van der Waals surface area contributed by atoms with Crippen LogP contribution in [0.5, 0.6) is 0 Å². The summed E-state index contributed by atoms with van der Waals surface area (Å²) in [7, 11) is 0. The monoisotopic (exact) mass is 207 g/mol. The summed E-state index contributed by atoms with van der Waals surface area (Å²) < 4.78 is 17.8. The lowest BCUT2D eigenvalue weighted by atomic mass is 10.2. The minimum atomic E-state index is -0.334. The van der Waals surface area contributed by atoms with E-state index in [2.05, 4.69) is 10.1 Å². The molecule has 0 aliphatic carbocycles. The zero-order chi connectivity index (χ0) is 10.8. The highest BCUT2D eigenvalue weighted by molar-refractivity contribution is 5.53. The van der Waals surface area contributed by atoms with E-state index in [0.717, 1.165) is 0 Å². The Balaban J connectivity index is 2.37. The number of hydrogen-bond acceptors (Lipinski definition) is 4. The van der Waals surface area contributed by atoms with Gasteiger partial charge in [0.05, 0.1) is 6.04 Å². The summed E-state index contributed by atoms with van der Waals surface area (Å²) in [6.45, 7) is 1.74. The lowest BCUT2D eigenvalue weighted by molar-refractivity contribution is 0.362. The van der Waals surface area contributed by atoms with Gasteiger partial charge in [-0.2, -0.15) is 4.98 Å². The molecule has 1 aromatic carbocycles. The van der Waals surface area contributed by atoms with Gasteiger partial charge in [-0.3, -0.25) is 0 Å². The predicted molar refractivity (Wildman–Crippen MR) is 52.3 cm³/mol. The molecule has 4 nitrogen and oxygen atoms in total. The van der Waals surface area contributed by atoms with Crippen LogP contribution in [0, 0.1) is 5.82 Å². The number of aromatic nitrogens is 2. The lowest BCUT2D eigenvalue weighted by Gasteiger charge is -1.94. The number of halogens is 1. The van der Waals surface area contributed by atoms with Crippen LogP contribution in [0.4, 0.5) is 4.39 Å². The highest BCUT2D eigenvalue weighted by Gasteiger charge is 2.11. The Bertz CT molecular complexity index is 467. The van der Waals surface area contributed by atoms with Gasteiger partial charge in [0.2, 0.25) is 11.7 Å². The zero-order valence-corrected chi connectivity index (χ0v) is 8.14. The van der Waals surface area contributed by atoms with Gasteiger partial charge >= 0.3 is 0 Å². The first-order chi connectivity index (χ1) is 7.16. The third-order valence-corrected chi connectivity index (χ3v) is 1.91. The molecule has 1 atom stereocenters. The van der Waals surface area contributed by atoms with Crippen molar-refractivity contribution in [2.75, 3.05) is 0 Å². The first-order valence-corrected chi connectivity index (χ1v) is 4.52. The minimum Gasteiger partial charge on any atom is -0.337 e. The van der Waals surface area contributed by atoms with Crippen LogP contribution in [0.1, 0.15) is 18.9 Å². The van der Waals surface area contributed by atoms with Crippen molar-refractivity contribution in [3.8, 4) is 11.4 Å². The highest BCUT2D eigenvalue weighted by Crippen LogP contribution is 2.18. The molecule has 2 aromatic rings. The van der Waals surface area contributed by atoms with Gasteiger partial charge in [-0.1, -0.05) is 17.3 Å². The fourth-order valence-electron chi connectivity index (χ4n) is 1.16. The van der Waals surface area contributed by atoms with E-state index in [1.165, 1.54) is 12.1 Å². The molecule has 1 aromatic heterocycles. The van der Waals surface area contributed by atoms with Gasteiger partial charge in [0, 0.05) is 5.56 Å². The summed E-state index contributed by atoms with van der Waals surface area (Å²) in [5.41, 5.74) is 6.14. The summed E-state index contributed by atoms with van der Waals surface area (Å²) in [6.07, 6.45) is 0. The van der Waals surface area contributed by atoms with Gasteiger partial charge in [-0.25, -0.2) is 4.39 Å². The van der Waals surface area contributed by atoms with Crippen LogP contribution in [0.25, 0.3) is 11.4 Å². The third kappa shape index (κ3) is 2.02. The van der Waals surface area contributed by atoms with Crippen molar-refractivity contribution in [1.82, 2.24) is 10.1 Å². The quantitative estimate of drug-likeness (QED) is 0.816. The molecule has 78 valence electrons. The van der Waals surface area contributed by atoms with Crippen LogP contribution < -0.4 is 5.73 Å². The Kier molecular flexibility index (Phi) is 2.47. The summed E-state index contributed by atoms with van der Waals surface area (Å²) in [5.74, 6) is 0.357. The summed E-state index contributed by atoms with van der Waals surface area (Å²) >= 11 is 0. The van der Waals surface area contributed by atoms with Crippen molar-refractivity contribution in [3.05, 3.63) is 36.0 Å². The topological polar surface area (TPSA) is 64.9 Å². The standard InChI is InChI=1S/C10H10FN3O/c1-6(12)10-13-9(14-15-10)7-3-2-4-8(11)5-7/h2-6H,12H2,1H3. The van der Waals surface area contributed by atoms with Crippen LogP contribution in [-0.4, -0.2) is 10.1 Å². The molecule has 5 heteroatoms. The predicted octanol–water partition coefficient (Wildman–Crippen LogP) is 1.90. The van der Waals surface area contributed by atoms with Gasteiger partial charge in [-0.05, 0) is 19.1 Å². The van der Waals surface area contributed by atoms with Gasteiger partial charge in [0.1, 0.15) is 5.82 Å². The molecular weight excluding hydrogens is 197 g/mol. The second-order valence-electron chi connectivity index (χ2n) is 3.26. The molecule has 0 aliphatic rings. The Labute approximate surface area is 85.9 Å². The Morgan fingerprint density at radius 3 is 2.87 bits per heavy atom. The van der Waals surface area contributed by atoms with Crippen LogP contribution in [0.3, 0.4) is 0 Å². The van der Waals surface area contributed by atoms with Crippen molar-refractivity contribution in [2.45, 2.75) is 13.0 Å². The van der Waals surface area contributed by atoms with Crippen LogP contribution in [0.2, 0.25) is 0 Å². The van der Waals surface area contributed by atoms with Crippen molar-refractivity contribution in [1.29, 1.82) is 0 Å². The molecular formula is C10H10FN3O. The first kappa shape index (κ1) is 9.79. The number of nitrogens with two attached hydrogens (primary N) is 1. The Morgan fingerprint density at radius 2 is 2.27 bits per heavy atom. The number of hydrogen-bond donors (Lipinski definition) is 1. The number of rotatable bonds is 2. The molecule has 0 saturated carbocycles. The van der Waals surface area contributed by atoms with Crippen molar-refractivity contribution in [2.24, 2.45) is 5.73 Å². The van der Waals surface area contributed by atoms with Gasteiger partial charge in [0.25, 0.3) is 0 Å². The number of nitrogens with zero attached hydrogens (tertiary/aromatic N) is 2. The maximum absolute atomic E-state index is 12.9. The Morgan fingerprint density at radius 1 is 1.47 bits per heavy atom. The van der Waals surface area contributed by atoms with Crippen LogP contribution >= 0.6 is 0 Å². The van der Waals surface area contributed by atoms with E-state index in [-0.39, 0.29) is 11.9 Å². The third-order valence-electron chi connectivity index (χ3n) is 1.91. The first-order valence-electron chi connectivity index (χ1n) is 4.52. The van der Waals surface area contributed by atoms with E-state index >= 15 is 0 Å². The number of benzene rings is 1. The second-order valence-corrected chi connectivity index (χ2v) is 3.26. The molecule has 2 N–H and O–H groups in total. The second kappa shape index (κ2) is 3.78. The maximum atomic E-state index is 12.9. The van der Waals surface area contributed by atoms with E-state index < -0.39 is 0 Å². The summed E-state index contributed by atoms with van der Waals surface area (Å²) in [6, 6.07) is 5.68. The maximum Gasteiger partial charge on any atom is 0.243 e. The van der Waals surface area contributed by atoms with Crippen LogP contribution in [-0.2, 0) is 0 Å². The normalized spacial score (nSPS) is 12.7. The van der Waals surface area contributed by atoms with E-state index in [1.54, 1.807) is 19.1 Å². The SMILES string of the molecule is CC(N)c1nc(-c2cccc(F)c2)no1. The van der Waals surface area contributed by atoms with E-state index in [1.807, 2.05) is 0 Å². The van der Waals surface area contributed by atoms with Gasteiger partial charge in [0.15, 0.2) is 0 Å². The largest absolute Gasteiger partial charge is 0.337 e. The fraction of sp³-hybridized carbons (Fsp3) is 0.200. The molecule has 2 rings (SSSR count). The molecule has 0 aliphatic heterocycles. The molecule has 0 amide bonds. The summed E-state index contributed by atoms with van der Waals surface area (Å²) in [5, 5.41) is 3.72. The Hall–Kier alpha value is -1.75. The molecule has 0 fully saturated rings. The van der Waals surface area contributed by atoms with E-state index in [4.69, 9.17) is 10.3 Å². The highest BCUT2D eigenvalue weighted by atomic mass is 19.1. The van der Waals surface area contributed by atoms with Gasteiger partial charge < -0.3 is 10.3 Å². The molecule has 1 heterocycles. The fourth-order valence-corrected chi connectivity index (χ4v) is 1.16. The molecule has 0 spiro atoms. The van der Waals surface area contributed by atoms with Crippen LogP contribution in [0.15, 0.2) is 28.8 Å². The average molecular weight is 207 g/mol. The van der Waals surface area contributed by atoms with Gasteiger partial charge in [-0.15, -0.1) is 0 Å². The van der Waals surface area contributed by atoms with E-state index in [9.17, 15) is 4.39 Å². The van der Waals surface area contributed by atoms with Crippen molar-refractivity contribution < 1.29 is 8.91 Å². The molecule has 0 saturated heterocycles. The van der Waals surface area contributed by atoms with Crippen molar-refractivity contribution >= 4 is 0 Å². The van der Waals surface area contributed by atoms with Crippen molar-refractivity contribution in [3.63, 3.8) is 0 Å². The molecule has 1 unspecified atom stereocenters. The summed E-state index contributed by atoms with van der Waals surface area (Å²) in [4.78, 5) is 4.05. The minimum absolute atomic E-state index is 0.320. The molecule has 0 radical (unpaired) electrons.